The molecule has 0 radical (unpaired) electrons. The molecular weight excluding hydrogens is 633 g/mol. The molecule has 4 atom stereocenters. The van der Waals surface area contributed by atoms with Crippen LogP contribution < -0.4 is 20.5 Å². The summed E-state index contributed by atoms with van der Waals surface area (Å²) in [5, 5.41) is 11.9. The fourth-order valence-corrected chi connectivity index (χ4v) is 7.22. The Morgan fingerprint density at radius 1 is 0.854 bits per heavy atom. The van der Waals surface area contributed by atoms with Gasteiger partial charge in [0.2, 0.25) is 0 Å². The lowest BCUT2D eigenvalue weighted by molar-refractivity contribution is -0.0115. The number of aliphatic hydroxyl groups excluding tert-OH is 1. The Hall–Kier alpha value is -4.97. The molecule has 0 unspecified atom stereocenters. The number of carbonyl (C=O) groups excluding carboxylic acids is 1. The standard InChI is InChI=1S/C37H34FN3O6S/c1-45-28-17-13-26(14-18-28)37(25-11-7-4-8-12-25,27-15-19-29(46-2)20-16-27)47-23-30-33(42)32(38)35(48-30)41-22-21-31(40-36(41)44)39-34(43)24-9-5-3-6-10-24/h3-22,30,32-33,35,42H,23H2,1-2H3,(H,39,40,43,44)/t30-,32-,33-,35-/m1/s1. The van der Waals surface area contributed by atoms with Crippen molar-refractivity contribution in [1.29, 1.82) is 0 Å². The summed E-state index contributed by atoms with van der Waals surface area (Å²) in [7, 11) is 3.19. The fourth-order valence-electron chi connectivity index (χ4n) is 5.80. The minimum absolute atomic E-state index is 0.0376. The number of nitrogens with zero attached hydrogens (tertiary/aromatic N) is 2. The predicted molar refractivity (Wildman–Crippen MR) is 182 cm³/mol. The first-order chi connectivity index (χ1) is 23.3. The van der Waals surface area contributed by atoms with Gasteiger partial charge in [-0.1, -0.05) is 72.8 Å². The zero-order valence-corrected chi connectivity index (χ0v) is 27.0. The van der Waals surface area contributed by atoms with Gasteiger partial charge < -0.3 is 24.6 Å². The average Bonchev–Trinajstić information content (AvgIpc) is 3.42. The number of methoxy groups -OCH3 is 2. The molecule has 0 spiro atoms. The van der Waals surface area contributed by atoms with Gasteiger partial charge in [0.1, 0.15) is 34.4 Å². The molecular formula is C37H34FN3O6S. The number of halogens is 1. The highest BCUT2D eigenvalue weighted by Crippen LogP contribution is 2.46. The van der Waals surface area contributed by atoms with Crippen molar-refractivity contribution in [2.45, 2.75) is 28.5 Å². The lowest BCUT2D eigenvalue weighted by Gasteiger charge is -2.37. The molecule has 2 heterocycles. The number of ether oxygens (including phenoxy) is 3. The van der Waals surface area contributed by atoms with Gasteiger partial charge >= 0.3 is 5.69 Å². The molecule has 1 fully saturated rings. The van der Waals surface area contributed by atoms with Crippen molar-refractivity contribution in [3.8, 4) is 11.5 Å². The summed E-state index contributed by atoms with van der Waals surface area (Å²) >= 11 is 1.09. The Morgan fingerprint density at radius 2 is 1.40 bits per heavy atom. The summed E-state index contributed by atoms with van der Waals surface area (Å²) in [4.78, 5) is 29.6. The fraction of sp³-hybridized carbons (Fsp3) is 0.216. The van der Waals surface area contributed by atoms with Crippen LogP contribution in [-0.2, 0) is 10.3 Å². The van der Waals surface area contributed by atoms with Gasteiger partial charge in [0.25, 0.3) is 5.91 Å². The van der Waals surface area contributed by atoms with E-state index in [0.717, 1.165) is 33.0 Å². The maximum absolute atomic E-state index is 15.8. The second-order valence-electron chi connectivity index (χ2n) is 11.1. The van der Waals surface area contributed by atoms with Crippen LogP contribution in [0.5, 0.6) is 11.5 Å². The highest BCUT2D eigenvalue weighted by Gasteiger charge is 2.47. The molecule has 4 aromatic carbocycles. The number of hydrogen-bond acceptors (Lipinski definition) is 8. The molecule has 5 aromatic rings. The molecule has 1 amide bonds. The Kier molecular flexibility index (Phi) is 9.90. The lowest BCUT2D eigenvalue weighted by Crippen LogP contribution is -2.38. The Balaban J connectivity index is 1.29. The molecule has 1 aliphatic heterocycles. The summed E-state index contributed by atoms with van der Waals surface area (Å²) in [6, 6.07) is 34.6. The third kappa shape index (κ3) is 6.57. The van der Waals surface area contributed by atoms with Crippen molar-refractivity contribution in [3.63, 3.8) is 0 Å². The predicted octanol–water partition coefficient (Wildman–Crippen LogP) is 5.83. The summed E-state index contributed by atoms with van der Waals surface area (Å²) < 4.78 is 34.6. The van der Waals surface area contributed by atoms with Crippen molar-refractivity contribution < 1.29 is 28.5 Å². The zero-order valence-electron chi connectivity index (χ0n) is 26.2. The largest absolute Gasteiger partial charge is 0.497 e. The second-order valence-corrected chi connectivity index (χ2v) is 12.5. The van der Waals surface area contributed by atoms with E-state index in [1.807, 2.05) is 78.9 Å². The average molecular weight is 668 g/mol. The van der Waals surface area contributed by atoms with E-state index < -0.39 is 40.1 Å². The van der Waals surface area contributed by atoms with Crippen molar-refractivity contribution in [2.75, 3.05) is 26.1 Å². The van der Waals surface area contributed by atoms with Gasteiger partial charge in [-0.2, -0.15) is 4.98 Å². The molecule has 1 aliphatic rings. The monoisotopic (exact) mass is 667 g/mol. The molecule has 1 aromatic heterocycles. The summed E-state index contributed by atoms with van der Waals surface area (Å²) in [5.41, 5.74) is 0.879. The smallest absolute Gasteiger partial charge is 0.350 e. The van der Waals surface area contributed by atoms with Gasteiger partial charge in [-0.15, -0.1) is 11.8 Å². The number of anilines is 1. The first-order valence-corrected chi connectivity index (χ1v) is 16.2. The first kappa shape index (κ1) is 33.0. The number of rotatable bonds is 11. The lowest BCUT2D eigenvalue weighted by atomic mass is 9.80. The summed E-state index contributed by atoms with van der Waals surface area (Å²) in [6.07, 6.45) is -1.86. The van der Waals surface area contributed by atoms with Crippen molar-refractivity contribution in [2.24, 2.45) is 0 Å². The van der Waals surface area contributed by atoms with Crippen molar-refractivity contribution >= 4 is 23.5 Å². The molecule has 1 saturated heterocycles. The molecule has 0 bridgehead atoms. The van der Waals surface area contributed by atoms with E-state index >= 15 is 4.39 Å². The van der Waals surface area contributed by atoms with Crippen LogP contribution in [0.15, 0.2) is 126 Å². The number of benzene rings is 4. The van der Waals surface area contributed by atoms with Crippen molar-refractivity contribution in [1.82, 2.24) is 9.55 Å². The van der Waals surface area contributed by atoms with Gasteiger partial charge in [0.15, 0.2) is 6.17 Å². The SMILES string of the molecule is COc1ccc(C(OC[C@H]2S[C@@H](n3ccc(NC(=O)c4ccccc4)nc3=O)[C@H](F)[C@@H]2O)(c2ccccc2)c2ccc(OC)cc2)cc1. The molecule has 0 saturated carbocycles. The third-order valence-electron chi connectivity index (χ3n) is 8.31. The van der Waals surface area contributed by atoms with Crippen LogP contribution in [0, 0.1) is 0 Å². The summed E-state index contributed by atoms with van der Waals surface area (Å²) in [6.45, 7) is -0.0664. The number of nitrogens with one attached hydrogen (secondary N) is 1. The Labute approximate surface area is 281 Å². The van der Waals surface area contributed by atoms with Gasteiger partial charge in [0.05, 0.1) is 26.1 Å². The van der Waals surface area contributed by atoms with E-state index in [0.29, 0.717) is 17.1 Å². The van der Waals surface area contributed by atoms with Crippen LogP contribution in [0.25, 0.3) is 0 Å². The minimum Gasteiger partial charge on any atom is -0.497 e. The highest BCUT2D eigenvalue weighted by molar-refractivity contribution is 8.00. The highest BCUT2D eigenvalue weighted by atomic mass is 32.2. The topological polar surface area (TPSA) is 112 Å². The number of amides is 1. The molecule has 9 nitrogen and oxygen atoms in total. The quantitative estimate of drug-likeness (QED) is 0.169. The Bertz CT molecular complexity index is 1840. The van der Waals surface area contributed by atoms with Crippen LogP contribution in [0.4, 0.5) is 10.2 Å². The van der Waals surface area contributed by atoms with Gasteiger partial charge in [0, 0.05) is 11.8 Å². The maximum atomic E-state index is 15.8. The van der Waals surface area contributed by atoms with Crippen LogP contribution in [0.1, 0.15) is 32.4 Å². The molecule has 11 heteroatoms. The van der Waals surface area contributed by atoms with Crippen LogP contribution in [0.3, 0.4) is 0 Å². The first-order valence-electron chi connectivity index (χ1n) is 15.3. The van der Waals surface area contributed by atoms with E-state index in [1.165, 1.54) is 12.3 Å². The minimum atomic E-state index is -1.79. The van der Waals surface area contributed by atoms with E-state index in [9.17, 15) is 14.7 Å². The molecule has 6 rings (SSSR count). The maximum Gasteiger partial charge on any atom is 0.350 e. The normalized spacial score (nSPS) is 19.1. The van der Waals surface area contributed by atoms with Crippen molar-refractivity contribution in [3.05, 3.63) is 154 Å². The zero-order chi connectivity index (χ0) is 33.7. The van der Waals surface area contributed by atoms with Gasteiger partial charge in [-0.05, 0) is 59.2 Å². The molecule has 2 N–H and O–H groups in total. The van der Waals surface area contributed by atoms with Gasteiger partial charge in [-0.3, -0.25) is 9.36 Å². The van der Waals surface area contributed by atoms with E-state index in [4.69, 9.17) is 14.2 Å². The second kappa shape index (κ2) is 14.4. The summed E-state index contributed by atoms with van der Waals surface area (Å²) in [5.74, 6) is 0.952. The number of carbonyl (C=O) groups is 1. The number of aliphatic hydroxyl groups is 1. The van der Waals surface area contributed by atoms with Gasteiger partial charge in [-0.25, -0.2) is 9.18 Å². The number of hydrogen-bond donors (Lipinski definition) is 2. The van der Waals surface area contributed by atoms with Crippen LogP contribution in [0.2, 0.25) is 0 Å². The van der Waals surface area contributed by atoms with E-state index in [2.05, 4.69) is 10.3 Å². The third-order valence-corrected chi connectivity index (χ3v) is 9.84. The Morgan fingerprint density at radius 3 is 1.94 bits per heavy atom. The van der Waals surface area contributed by atoms with Crippen LogP contribution >= 0.6 is 11.8 Å². The van der Waals surface area contributed by atoms with E-state index in [1.54, 1.807) is 44.6 Å². The number of thioether (sulfide) groups is 1. The number of alkyl halides is 1. The molecule has 48 heavy (non-hydrogen) atoms. The molecule has 246 valence electrons. The van der Waals surface area contributed by atoms with E-state index in [-0.39, 0.29) is 12.4 Å². The number of aromatic nitrogens is 2. The van der Waals surface area contributed by atoms with Crippen LogP contribution in [-0.4, -0.2) is 58.9 Å². The molecule has 0 aliphatic carbocycles.